The summed E-state index contributed by atoms with van der Waals surface area (Å²) in [5.41, 5.74) is 4.93. The van der Waals surface area contributed by atoms with Gasteiger partial charge in [0.05, 0.1) is 30.4 Å². The van der Waals surface area contributed by atoms with Gasteiger partial charge in [0.25, 0.3) is 5.91 Å². The molecule has 1 fully saturated rings. The zero-order valence-corrected chi connectivity index (χ0v) is 18.7. The van der Waals surface area contributed by atoms with Gasteiger partial charge in [-0.2, -0.15) is 5.10 Å². The SMILES string of the molecule is O=C(c1nc2c(s1)CCOc1cc(-c3cn[nH]c3)ccc1-2)N1CCN(c2cccnc2)CC1. The van der Waals surface area contributed by atoms with E-state index in [1.807, 2.05) is 41.6 Å². The van der Waals surface area contributed by atoms with Crippen molar-refractivity contribution in [2.24, 2.45) is 0 Å². The standard InChI is InChI=1S/C24H22N6O2S/c31-24(30-9-7-29(8-10-30)18-2-1-6-25-15-18)23-28-22-19-4-3-16(17-13-26-27-14-17)12-20(19)32-11-5-21(22)33-23/h1-4,6,12-15H,5,7-11H2,(H,26,27). The number of hydrogen-bond donors (Lipinski definition) is 1. The van der Waals surface area contributed by atoms with Gasteiger partial charge in [-0.15, -0.1) is 11.3 Å². The summed E-state index contributed by atoms with van der Waals surface area (Å²) in [6.07, 6.45) is 8.03. The lowest BCUT2D eigenvalue weighted by molar-refractivity contribution is 0.0746. The molecule has 33 heavy (non-hydrogen) atoms. The minimum atomic E-state index is 0.0106. The number of pyridine rings is 1. The normalized spacial score (nSPS) is 15.4. The van der Waals surface area contributed by atoms with Crippen molar-refractivity contribution < 1.29 is 9.53 Å². The Morgan fingerprint density at radius 3 is 2.79 bits per heavy atom. The molecule has 0 bridgehead atoms. The van der Waals surface area contributed by atoms with Gasteiger partial charge in [-0.25, -0.2) is 4.98 Å². The van der Waals surface area contributed by atoms with Crippen LogP contribution >= 0.6 is 11.3 Å². The third-order valence-corrected chi connectivity index (χ3v) is 7.22. The molecule has 5 heterocycles. The predicted octanol–water partition coefficient (Wildman–Crippen LogP) is 3.49. The molecule has 0 atom stereocenters. The van der Waals surface area contributed by atoms with Crippen molar-refractivity contribution in [2.75, 3.05) is 37.7 Å². The Morgan fingerprint density at radius 2 is 2.00 bits per heavy atom. The second-order valence-corrected chi connectivity index (χ2v) is 9.16. The number of aromatic amines is 1. The van der Waals surface area contributed by atoms with E-state index in [1.165, 1.54) is 11.3 Å². The molecule has 9 heteroatoms. The first-order chi connectivity index (χ1) is 16.3. The second kappa shape index (κ2) is 8.32. The van der Waals surface area contributed by atoms with Crippen molar-refractivity contribution >= 4 is 22.9 Å². The fourth-order valence-electron chi connectivity index (χ4n) is 4.35. The van der Waals surface area contributed by atoms with E-state index in [0.717, 1.165) is 58.2 Å². The number of aromatic nitrogens is 4. The molecule has 0 unspecified atom stereocenters. The molecule has 6 rings (SSSR count). The van der Waals surface area contributed by atoms with E-state index in [4.69, 9.17) is 9.72 Å². The molecule has 0 saturated carbocycles. The van der Waals surface area contributed by atoms with Crippen LogP contribution in [0.4, 0.5) is 5.69 Å². The number of fused-ring (bicyclic) bond motifs is 3. The average Bonchev–Trinajstić information content (AvgIpc) is 3.52. The Bertz CT molecular complexity index is 1280. The van der Waals surface area contributed by atoms with Crippen LogP contribution in [0.2, 0.25) is 0 Å². The first-order valence-electron chi connectivity index (χ1n) is 11.0. The summed E-state index contributed by atoms with van der Waals surface area (Å²) in [6, 6.07) is 10.1. The summed E-state index contributed by atoms with van der Waals surface area (Å²) in [4.78, 5) is 27.5. The lowest BCUT2D eigenvalue weighted by atomic mass is 10.0. The zero-order valence-electron chi connectivity index (χ0n) is 17.9. The van der Waals surface area contributed by atoms with Gasteiger partial charge in [-0.1, -0.05) is 6.07 Å². The molecule has 3 aromatic heterocycles. The van der Waals surface area contributed by atoms with E-state index in [9.17, 15) is 4.79 Å². The predicted molar refractivity (Wildman–Crippen MR) is 127 cm³/mol. The third kappa shape index (κ3) is 3.74. The number of anilines is 1. The molecule has 0 spiro atoms. The fourth-order valence-corrected chi connectivity index (χ4v) is 5.37. The second-order valence-electron chi connectivity index (χ2n) is 8.08. The smallest absolute Gasteiger partial charge is 0.282 e. The van der Waals surface area contributed by atoms with Gasteiger partial charge in [0.1, 0.15) is 5.75 Å². The number of nitrogens with zero attached hydrogens (tertiary/aromatic N) is 5. The number of ether oxygens (including phenoxy) is 1. The van der Waals surface area contributed by atoms with Crippen LogP contribution in [0.3, 0.4) is 0 Å². The van der Waals surface area contributed by atoms with E-state index in [0.29, 0.717) is 24.7 Å². The Hall–Kier alpha value is -3.72. The van der Waals surface area contributed by atoms with Gasteiger partial charge in [-0.05, 0) is 29.8 Å². The molecule has 4 aromatic rings. The number of piperazine rings is 1. The highest BCUT2D eigenvalue weighted by Gasteiger charge is 2.28. The number of hydrogen-bond acceptors (Lipinski definition) is 7. The number of amides is 1. The topological polar surface area (TPSA) is 87.2 Å². The number of carbonyl (C=O) groups is 1. The fraction of sp³-hybridized carbons (Fsp3) is 0.250. The zero-order chi connectivity index (χ0) is 22.2. The molecule has 1 amide bonds. The lowest BCUT2D eigenvalue weighted by Crippen LogP contribution is -2.48. The number of rotatable bonds is 3. The van der Waals surface area contributed by atoms with Crippen molar-refractivity contribution in [2.45, 2.75) is 6.42 Å². The van der Waals surface area contributed by atoms with Gasteiger partial charge in [0.15, 0.2) is 5.01 Å². The molecular formula is C24H22N6O2S. The number of thiazole rings is 1. The first-order valence-corrected chi connectivity index (χ1v) is 11.8. The first kappa shape index (κ1) is 19.9. The molecule has 0 aliphatic carbocycles. The highest BCUT2D eigenvalue weighted by atomic mass is 32.1. The summed E-state index contributed by atoms with van der Waals surface area (Å²) < 4.78 is 6.03. The van der Waals surface area contributed by atoms with Crippen LogP contribution in [0, 0.1) is 0 Å². The molecule has 2 aliphatic heterocycles. The maximum Gasteiger partial charge on any atom is 0.282 e. The third-order valence-electron chi connectivity index (χ3n) is 6.11. The number of nitrogens with one attached hydrogen (secondary N) is 1. The number of H-pyrrole nitrogens is 1. The number of benzene rings is 1. The number of carbonyl (C=O) groups excluding carboxylic acids is 1. The molecule has 1 saturated heterocycles. The van der Waals surface area contributed by atoms with E-state index in [2.05, 4.69) is 26.1 Å². The maximum atomic E-state index is 13.3. The van der Waals surface area contributed by atoms with Crippen LogP contribution in [0.25, 0.3) is 22.4 Å². The Balaban J connectivity index is 1.23. The minimum Gasteiger partial charge on any atom is -0.492 e. The quantitative estimate of drug-likeness (QED) is 0.506. The van der Waals surface area contributed by atoms with Gasteiger partial charge < -0.3 is 14.5 Å². The average molecular weight is 459 g/mol. The molecule has 166 valence electrons. The van der Waals surface area contributed by atoms with Crippen LogP contribution in [-0.2, 0) is 6.42 Å². The van der Waals surface area contributed by atoms with Crippen molar-refractivity contribution in [1.29, 1.82) is 0 Å². The van der Waals surface area contributed by atoms with Gasteiger partial charge in [-0.3, -0.25) is 14.9 Å². The van der Waals surface area contributed by atoms with Gasteiger partial charge >= 0.3 is 0 Å². The lowest BCUT2D eigenvalue weighted by Gasteiger charge is -2.35. The summed E-state index contributed by atoms with van der Waals surface area (Å²) in [5, 5.41) is 7.43. The Morgan fingerprint density at radius 1 is 1.09 bits per heavy atom. The van der Waals surface area contributed by atoms with Gasteiger partial charge in [0.2, 0.25) is 0 Å². The maximum absolute atomic E-state index is 13.3. The Kier molecular flexibility index (Phi) is 5.03. The molecule has 1 aromatic carbocycles. The summed E-state index contributed by atoms with van der Waals surface area (Å²) in [6.45, 7) is 3.48. The van der Waals surface area contributed by atoms with Crippen molar-refractivity contribution in [1.82, 2.24) is 25.1 Å². The molecule has 8 nitrogen and oxygen atoms in total. The monoisotopic (exact) mass is 458 g/mol. The molecular weight excluding hydrogens is 436 g/mol. The molecule has 1 N–H and O–H groups in total. The molecule has 2 aliphatic rings. The summed E-state index contributed by atoms with van der Waals surface area (Å²) in [7, 11) is 0. The van der Waals surface area contributed by atoms with Crippen LogP contribution in [0.15, 0.2) is 55.1 Å². The van der Waals surface area contributed by atoms with Crippen molar-refractivity contribution in [3.63, 3.8) is 0 Å². The van der Waals surface area contributed by atoms with Crippen molar-refractivity contribution in [3.05, 3.63) is 65.0 Å². The van der Waals surface area contributed by atoms with E-state index < -0.39 is 0 Å². The van der Waals surface area contributed by atoms with Crippen LogP contribution < -0.4 is 9.64 Å². The summed E-state index contributed by atoms with van der Waals surface area (Å²) in [5.74, 6) is 0.804. The van der Waals surface area contributed by atoms with E-state index >= 15 is 0 Å². The van der Waals surface area contributed by atoms with Crippen LogP contribution in [0.1, 0.15) is 14.7 Å². The Labute approximate surface area is 194 Å². The van der Waals surface area contributed by atoms with Crippen LogP contribution in [0.5, 0.6) is 5.75 Å². The highest BCUT2D eigenvalue weighted by molar-refractivity contribution is 7.14. The van der Waals surface area contributed by atoms with E-state index in [1.54, 1.807) is 12.4 Å². The van der Waals surface area contributed by atoms with Crippen molar-refractivity contribution in [3.8, 4) is 28.1 Å². The minimum absolute atomic E-state index is 0.0106. The molecule has 0 radical (unpaired) electrons. The summed E-state index contributed by atoms with van der Waals surface area (Å²) >= 11 is 1.49. The highest BCUT2D eigenvalue weighted by Crippen LogP contribution is 2.39. The largest absolute Gasteiger partial charge is 0.492 e. The van der Waals surface area contributed by atoms with Gasteiger partial charge in [0, 0.05) is 61.0 Å². The van der Waals surface area contributed by atoms with Crippen LogP contribution in [-0.4, -0.2) is 63.8 Å². The van der Waals surface area contributed by atoms with E-state index in [-0.39, 0.29) is 5.91 Å².